The number of nitrogens with one attached hydrogen (secondary N) is 1. The second-order valence-electron chi connectivity index (χ2n) is 4.98. The minimum atomic E-state index is -0.900. The molecular weight excluding hydrogens is 280 g/mol. The second-order valence-corrected chi connectivity index (χ2v) is 4.98. The first-order valence-electron chi connectivity index (χ1n) is 6.79. The standard InChI is InChI=1S/C14H15F2N3O2/c15-11-4-3-9(6-12(11)16)13(14-17-8-21-19-14)18-10-2-1-5-20-7-10/h3-4,6,8,10,13,18H,1-2,5,7H2/t10-,13+/m0/s1. The summed E-state index contributed by atoms with van der Waals surface area (Å²) in [5.74, 6) is -1.40. The lowest BCUT2D eigenvalue weighted by Crippen LogP contribution is -2.40. The molecule has 1 saturated heterocycles. The van der Waals surface area contributed by atoms with E-state index in [0.29, 0.717) is 18.0 Å². The summed E-state index contributed by atoms with van der Waals surface area (Å²) >= 11 is 0. The lowest BCUT2D eigenvalue weighted by Gasteiger charge is -2.27. The Morgan fingerprint density at radius 1 is 1.29 bits per heavy atom. The van der Waals surface area contributed by atoms with Crippen molar-refractivity contribution in [2.75, 3.05) is 13.2 Å². The molecule has 5 nitrogen and oxygen atoms in total. The van der Waals surface area contributed by atoms with Crippen molar-refractivity contribution in [1.29, 1.82) is 0 Å². The molecule has 7 heteroatoms. The molecule has 1 aromatic heterocycles. The Kier molecular flexibility index (Phi) is 4.21. The summed E-state index contributed by atoms with van der Waals surface area (Å²) in [7, 11) is 0. The van der Waals surface area contributed by atoms with Crippen LogP contribution < -0.4 is 5.32 Å². The lowest BCUT2D eigenvalue weighted by molar-refractivity contribution is 0.0675. The molecule has 0 bridgehead atoms. The predicted octanol–water partition coefficient (Wildman–Crippen LogP) is 2.21. The molecule has 2 aromatic rings. The summed E-state index contributed by atoms with van der Waals surface area (Å²) in [6.07, 6.45) is 3.10. The molecule has 112 valence electrons. The van der Waals surface area contributed by atoms with Gasteiger partial charge in [0.25, 0.3) is 0 Å². The first kappa shape index (κ1) is 14.1. The Hall–Kier alpha value is -1.86. The van der Waals surface area contributed by atoms with Gasteiger partial charge in [0.15, 0.2) is 17.5 Å². The molecule has 1 N–H and O–H groups in total. The van der Waals surface area contributed by atoms with Gasteiger partial charge < -0.3 is 9.26 Å². The Morgan fingerprint density at radius 2 is 2.19 bits per heavy atom. The van der Waals surface area contributed by atoms with Crippen molar-refractivity contribution in [2.45, 2.75) is 24.9 Å². The van der Waals surface area contributed by atoms with Crippen LogP contribution in [0, 0.1) is 11.6 Å². The molecule has 1 aromatic carbocycles. The van der Waals surface area contributed by atoms with E-state index in [-0.39, 0.29) is 6.04 Å². The Labute approximate surface area is 120 Å². The van der Waals surface area contributed by atoms with Gasteiger partial charge in [-0.1, -0.05) is 11.2 Å². The Morgan fingerprint density at radius 3 is 2.86 bits per heavy atom. The number of hydrogen-bond donors (Lipinski definition) is 1. The fourth-order valence-electron chi connectivity index (χ4n) is 2.43. The van der Waals surface area contributed by atoms with Gasteiger partial charge in [0.2, 0.25) is 6.39 Å². The Balaban J connectivity index is 1.86. The lowest BCUT2D eigenvalue weighted by atomic mass is 10.0. The van der Waals surface area contributed by atoms with Crippen LogP contribution in [0.4, 0.5) is 8.78 Å². The first-order chi connectivity index (χ1) is 10.2. The van der Waals surface area contributed by atoms with E-state index >= 15 is 0 Å². The maximum Gasteiger partial charge on any atom is 0.213 e. The molecule has 0 spiro atoms. The molecule has 3 rings (SSSR count). The maximum absolute atomic E-state index is 13.5. The molecule has 0 radical (unpaired) electrons. The molecule has 1 fully saturated rings. The minimum Gasteiger partial charge on any atom is -0.380 e. The first-order valence-corrected chi connectivity index (χ1v) is 6.79. The van der Waals surface area contributed by atoms with Crippen molar-refractivity contribution in [2.24, 2.45) is 0 Å². The monoisotopic (exact) mass is 295 g/mol. The van der Waals surface area contributed by atoms with Crippen LogP contribution in [0.2, 0.25) is 0 Å². The van der Waals surface area contributed by atoms with Crippen LogP contribution in [0.5, 0.6) is 0 Å². The van der Waals surface area contributed by atoms with Crippen molar-refractivity contribution < 1.29 is 18.0 Å². The van der Waals surface area contributed by atoms with Crippen LogP contribution in [0.3, 0.4) is 0 Å². The normalized spacial score (nSPS) is 20.4. The number of hydrogen-bond acceptors (Lipinski definition) is 5. The highest BCUT2D eigenvalue weighted by molar-refractivity contribution is 5.26. The van der Waals surface area contributed by atoms with E-state index in [1.807, 2.05) is 0 Å². The van der Waals surface area contributed by atoms with E-state index in [9.17, 15) is 8.78 Å². The predicted molar refractivity (Wildman–Crippen MR) is 69.5 cm³/mol. The average Bonchev–Trinajstić information content (AvgIpc) is 3.03. The Bertz CT molecular complexity index is 586. The summed E-state index contributed by atoms with van der Waals surface area (Å²) in [6, 6.07) is 3.39. The summed E-state index contributed by atoms with van der Waals surface area (Å²) in [6.45, 7) is 1.31. The topological polar surface area (TPSA) is 60.2 Å². The van der Waals surface area contributed by atoms with Gasteiger partial charge in [0, 0.05) is 12.6 Å². The van der Waals surface area contributed by atoms with E-state index in [4.69, 9.17) is 9.26 Å². The van der Waals surface area contributed by atoms with Crippen molar-refractivity contribution in [1.82, 2.24) is 15.5 Å². The van der Waals surface area contributed by atoms with E-state index in [1.165, 1.54) is 12.5 Å². The average molecular weight is 295 g/mol. The van der Waals surface area contributed by atoms with Gasteiger partial charge in [-0.15, -0.1) is 0 Å². The van der Waals surface area contributed by atoms with E-state index in [2.05, 4.69) is 15.5 Å². The molecule has 2 heterocycles. The number of benzene rings is 1. The second kappa shape index (κ2) is 6.28. The summed E-state index contributed by atoms with van der Waals surface area (Å²) in [5, 5.41) is 7.13. The zero-order valence-electron chi connectivity index (χ0n) is 11.3. The smallest absolute Gasteiger partial charge is 0.213 e. The summed E-state index contributed by atoms with van der Waals surface area (Å²) in [5.41, 5.74) is 0.542. The van der Waals surface area contributed by atoms with Crippen molar-refractivity contribution in [3.8, 4) is 0 Å². The highest BCUT2D eigenvalue weighted by Gasteiger charge is 2.24. The number of aromatic nitrogens is 2. The van der Waals surface area contributed by atoms with Gasteiger partial charge in [-0.25, -0.2) is 8.78 Å². The van der Waals surface area contributed by atoms with Crippen LogP contribution in [-0.4, -0.2) is 29.4 Å². The van der Waals surface area contributed by atoms with E-state index in [0.717, 1.165) is 31.6 Å². The maximum atomic E-state index is 13.5. The zero-order valence-corrected chi connectivity index (χ0v) is 11.3. The molecule has 1 aliphatic rings. The van der Waals surface area contributed by atoms with Crippen LogP contribution in [0.25, 0.3) is 0 Å². The van der Waals surface area contributed by atoms with Crippen molar-refractivity contribution in [3.63, 3.8) is 0 Å². The number of rotatable bonds is 4. The van der Waals surface area contributed by atoms with Crippen LogP contribution in [0.15, 0.2) is 29.1 Å². The van der Waals surface area contributed by atoms with Gasteiger partial charge in [-0.2, -0.15) is 4.98 Å². The third-order valence-electron chi connectivity index (χ3n) is 3.48. The van der Waals surface area contributed by atoms with Crippen molar-refractivity contribution in [3.05, 3.63) is 47.6 Å². The minimum absolute atomic E-state index is 0.107. The number of halogens is 2. The molecule has 2 atom stereocenters. The van der Waals surface area contributed by atoms with Gasteiger partial charge in [-0.05, 0) is 30.5 Å². The van der Waals surface area contributed by atoms with Crippen LogP contribution >= 0.6 is 0 Å². The summed E-state index contributed by atoms with van der Waals surface area (Å²) in [4.78, 5) is 4.01. The molecule has 0 unspecified atom stereocenters. The van der Waals surface area contributed by atoms with E-state index in [1.54, 1.807) is 0 Å². The molecule has 0 aliphatic carbocycles. The molecule has 21 heavy (non-hydrogen) atoms. The number of nitrogens with zero attached hydrogens (tertiary/aromatic N) is 2. The quantitative estimate of drug-likeness (QED) is 0.937. The highest BCUT2D eigenvalue weighted by atomic mass is 19.2. The molecular formula is C14H15F2N3O2. The molecule has 0 saturated carbocycles. The molecule has 0 amide bonds. The molecule has 1 aliphatic heterocycles. The zero-order chi connectivity index (χ0) is 14.7. The van der Waals surface area contributed by atoms with Crippen molar-refractivity contribution >= 4 is 0 Å². The van der Waals surface area contributed by atoms with Gasteiger partial charge in [-0.3, -0.25) is 5.32 Å². The third-order valence-corrected chi connectivity index (χ3v) is 3.48. The highest BCUT2D eigenvalue weighted by Crippen LogP contribution is 2.23. The van der Waals surface area contributed by atoms with Crippen LogP contribution in [0.1, 0.15) is 30.3 Å². The fraction of sp³-hybridized carbons (Fsp3) is 0.429. The largest absolute Gasteiger partial charge is 0.380 e. The van der Waals surface area contributed by atoms with E-state index < -0.39 is 17.7 Å². The van der Waals surface area contributed by atoms with Gasteiger partial charge in [0.05, 0.1) is 12.6 Å². The SMILES string of the molecule is Fc1ccc([C@@H](N[C@H]2CCCOC2)c2ncon2)cc1F. The number of ether oxygens (including phenoxy) is 1. The van der Waals surface area contributed by atoms with Gasteiger partial charge >= 0.3 is 0 Å². The van der Waals surface area contributed by atoms with Crippen LogP contribution in [-0.2, 0) is 4.74 Å². The third kappa shape index (κ3) is 3.25. The fourth-order valence-corrected chi connectivity index (χ4v) is 2.43. The summed E-state index contributed by atoms with van der Waals surface area (Å²) < 4.78 is 36.7. The van der Waals surface area contributed by atoms with Gasteiger partial charge in [0.1, 0.15) is 0 Å².